The highest BCUT2D eigenvalue weighted by atomic mass is 35.5. The van der Waals surface area contributed by atoms with Crippen molar-refractivity contribution in [1.29, 1.82) is 0 Å². The van der Waals surface area contributed by atoms with E-state index in [1.807, 2.05) is 18.2 Å². The number of benzene rings is 2. The van der Waals surface area contributed by atoms with Gasteiger partial charge in [0.2, 0.25) is 5.82 Å². The van der Waals surface area contributed by atoms with E-state index in [1.165, 1.54) is 36.8 Å². The molecular weight excluding hydrogens is 434 g/mol. The fourth-order valence-electron chi connectivity index (χ4n) is 5.89. The van der Waals surface area contributed by atoms with E-state index in [4.69, 9.17) is 4.74 Å². The van der Waals surface area contributed by atoms with Crippen LogP contribution in [0, 0.1) is 11.8 Å². The minimum atomic E-state index is 0. The molecule has 1 N–H and O–H groups in total. The van der Waals surface area contributed by atoms with Gasteiger partial charge in [-0.3, -0.25) is 4.98 Å². The number of pyridine rings is 1. The average molecular weight is 460 g/mol. The minimum Gasteiger partial charge on any atom is -0.487 e. The van der Waals surface area contributed by atoms with Crippen LogP contribution in [0.15, 0.2) is 72.9 Å². The van der Waals surface area contributed by atoms with Gasteiger partial charge in [-0.15, -0.1) is 22.6 Å². The van der Waals surface area contributed by atoms with Gasteiger partial charge in [0.25, 0.3) is 0 Å². The summed E-state index contributed by atoms with van der Waals surface area (Å²) < 4.78 is 5.98. The number of aromatic nitrogens is 5. The van der Waals surface area contributed by atoms with Crippen LogP contribution in [0.4, 0.5) is 0 Å². The van der Waals surface area contributed by atoms with E-state index >= 15 is 0 Å². The number of hydrogen-bond acceptors (Lipinski definition) is 5. The predicted octanol–water partition coefficient (Wildman–Crippen LogP) is 5.37. The molecule has 2 heterocycles. The smallest absolute Gasteiger partial charge is 0.204 e. The minimum absolute atomic E-state index is 0. The molecule has 7 heteroatoms. The van der Waals surface area contributed by atoms with Crippen LogP contribution in [0.1, 0.15) is 42.5 Å². The lowest BCUT2D eigenvalue weighted by molar-refractivity contribution is 0.299. The monoisotopic (exact) mass is 459 g/mol. The number of tetrazole rings is 1. The molecule has 0 radical (unpaired) electrons. The second-order valence-electron chi connectivity index (χ2n) is 9.00. The zero-order chi connectivity index (χ0) is 21.4. The van der Waals surface area contributed by atoms with Crippen molar-refractivity contribution in [2.45, 2.75) is 37.7 Å². The summed E-state index contributed by atoms with van der Waals surface area (Å²) in [4.78, 5) is 4.34. The fraction of sp³-hybridized carbons (Fsp3) is 0.308. The van der Waals surface area contributed by atoms with Crippen molar-refractivity contribution in [3.63, 3.8) is 0 Å². The van der Waals surface area contributed by atoms with Gasteiger partial charge in [-0.1, -0.05) is 48.9 Å². The van der Waals surface area contributed by atoms with E-state index in [2.05, 4.69) is 74.1 Å². The quantitative estimate of drug-likeness (QED) is 0.419. The second kappa shape index (κ2) is 8.94. The van der Waals surface area contributed by atoms with Gasteiger partial charge in [0, 0.05) is 17.2 Å². The zero-order valence-corrected chi connectivity index (χ0v) is 19.0. The van der Waals surface area contributed by atoms with Crippen LogP contribution in [-0.4, -0.2) is 25.6 Å². The Bertz CT molecular complexity index is 1180. The molecule has 0 aliphatic heterocycles. The lowest BCUT2D eigenvalue weighted by Crippen LogP contribution is -2.34. The van der Waals surface area contributed by atoms with Crippen molar-refractivity contribution in [1.82, 2.24) is 25.6 Å². The van der Waals surface area contributed by atoms with Crippen molar-refractivity contribution >= 4 is 12.4 Å². The van der Waals surface area contributed by atoms with Crippen LogP contribution < -0.4 is 4.74 Å². The molecule has 2 aliphatic rings. The molecule has 3 unspecified atom stereocenters. The van der Waals surface area contributed by atoms with Gasteiger partial charge in [0.05, 0.1) is 5.69 Å². The van der Waals surface area contributed by atoms with Crippen molar-refractivity contribution < 1.29 is 4.74 Å². The van der Waals surface area contributed by atoms with Gasteiger partial charge in [-0.05, 0) is 71.7 Å². The number of aromatic amines is 1. The maximum absolute atomic E-state index is 5.98. The van der Waals surface area contributed by atoms with Crippen LogP contribution in [0.2, 0.25) is 0 Å². The maximum atomic E-state index is 5.98. The Morgan fingerprint density at radius 2 is 1.73 bits per heavy atom. The van der Waals surface area contributed by atoms with E-state index in [9.17, 15) is 0 Å². The number of nitrogens with one attached hydrogen (secondary N) is 1. The van der Waals surface area contributed by atoms with Gasteiger partial charge in [0.1, 0.15) is 12.4 Å². The Kier molecular flexibility index (Phi) is 5.85. The Morgan fingerprint density at radius 3 is 2.33 bits per heavy atom. The zero-order valence-electron chi connectivity index (χ0n) is 18.2. The second-order valence-corrected chi connectivity index (χ2v) is 9.00. The third-order valence-electron chi connectivity index (χ3n) is 7.33. The number of halogens is 1. The van der Waals surface area contributed by atoms with E-state index in [1.54, 1.807) is 6.20 Å². The molecule has 168 valence electrons. The highest BCUT2D eigenvalue weighted by Gasteiger charge is 2.52. The van der Waals surface area contributed by atoms with E-state index in [-0.39, 0.29) is 17.8 Å². The highest BCUT2D eigenvalue weighted by molar-refractivity contribution is 5.85. The first kappa shape index (κ1) is 21.6. The number of hydrogen-bond donors (Lipinski definition) is 1. The van der Waals surface area contributed by atoms with E-state index in [0.717, 1.165) is 22.9 Å². The molecular formula is C26H26ClN5O. The van der Waals surface area contributed by atoms with Crippen LogP contribution >= 0.6 is 12.4 Å². The average Bonchev–Trinajstić information content (AvgIpc) is 3.62. The first-order valence-electron chi connectivity index (χ1n) is 11.3. The molecule has 0 amide bonds. The summed E-state index contributed by atoms with van der Waals surface area (Å²) in [6.45, 7) is 0.480. The van der Waals surface area contributed by atoms with E-state index in [0.29, 0.717) is 18.3 Å². The number of H-pyrrole nitrogens is 1. The largest absolute Gasteiger partial charge is 0.487 e. The number of rotatable bonds is 6. The first-order valence-corrected chi connectivity index (χ1v) is 11.3. The molecule has 2 saturated carbocycles. The topological polar surface area (TPSA) is 76.6 Å². The third kappa shape index (κ3) is 3.89. The van der Waals surface area contributed by atoms with Gasteiger partial charge < -0.3 is 4.74 Å². The lowest BCUT2D eigenvalue weighted by atomic mass is 9.64. The van der Waals surface area contributed by atoms with Gasteiger partial charge >= 0.3 is 0 Å². The molecule has 2 fully saturated rings. The molecule has 2 aromatic carbocycles. The summed E-state index contributed by atoms with van der Waals surface area (Å²) in [6.07, 6.45) is 7.00. The third-order valence-corrected chi connectivity index (χ3v) is 7.33. The predicted molar refractivity (Wildman–Crippen MR) is 128 cm³/mol. The molecule has 4 aromatic rings. The molecule has 2 bridgehead atoms. The Labute approximate surface area is 199 Å². The number of fused-ring (bicyclic) bond motifs is 2. The maximum Gasteiger partial charge on any atom is 0.204 e. The van der Waals surface area contributed by atoms with Gasteiger partial charge in [0.15, 0.2) is 0 Å². The summed E-state index contributed by atoms with van der Waals surface area (Å²) in [5.41, 5.74) is 4.77. The molecule has 3 atom stereocenters. The highest BCUT2D eigenvalue weighted by Crippen LogP contribution is 2.60. The molecule has 6 rings (SSSR count). The van der Waals surface area contributed by atoms with E-state index < -0.39 is 0 Å². The SMILES string of the molecule is Cl.c1ccc(COc2ccc(C3(c4ccc(-c5nn[nH]n5)cc4)CC4CCC3C4)cc2)nc1. The normalized spacial score (nSPS) is 23.3. The summed E-state index contributed by atoms with van der Waals surface area (Å²) in [5.74, 6) is 3.01. The van der Waals surface area contributed by atoms with Crippen LogP contribution in [-0.2, 0) is 12.0 Å². The standard InChI is InChI=1S/C26H25N5O.ClH/c1-2-14-27-23(3-1)17-32-24-12-10-21(11-13-24)26(16-18-4-7-22(26)15-18)20-8-5-19(6-9-20)25-28-30-31-29-25;/h1-3,5-6,8-14,18,22H,4,7,15-17H2,(H,28,29,30,31);1H. The molecule has 2 aliphatic carbocycles. The Morgan fingerprint density at radius 1 is 0.939 bits per heavy atom. The van der Waals surface area contributed by atoms with Gasteiger partial charge in [-0.2, -0.15) is 5.21 Å². The first-order chi connectivity index (χ1) is 15.8. The molecule has 2 aromatic heterocycles. The Hall–Kier alpha value is -3.25. The van der Waals surface area contributed by atoms with Crippen molar-refractivity contribution in [2.24, 2.45) is 11.8 Å². The van der Waals surface area contributed by atoms with Gasteiger partial charge in [-0.25, -0.2) is 0 Å². The fourth-order valence-corrected chi connectivity index (χ4v) is 5.89. The van der Waals surface area contributed by atoms with Crippen molar-refractivity contribution in [3.05, 3.63) is 89.7 Å². The van der Waals surface area contributed by atoms with Crippen LogP contribution in [0.3, 0.4) is 0 Å². The summed E-state index contributed by atoms with van der Waals surface area (Å²) >= 11 is 0. The number of ether oxygens (including phenoxy) is 1. The molecule has 6 nitrogen and oxygen atoms in total. The number of nitrogens with zero attached hydrogens (tertiary/aromatic N) is 4. The summed E-state index contributed by atoms with van der Waals surface area (Å²) in [5, 5.41) is 14.4. The van der Waals surface area contributed by atoms with Crippen molar-refractivity contribution in [2.75, 3.05) is 0 Å². The van der Waals surface area contributed by atoms with Crippen molar-refractivity contribution in [3.8, 4) is 17.1 Å². The summed E-state index contributed by atoms with van der Waals surface area (Å²) in [7, 11) is 0. The Balaban J connectivity index is 0.00000228. The summed E-state index contributed by atoms with van der Waals surface area (Å²) in [6, 6.07) is 23.4. The van der Waals surface area contributed by atoms with Crippen LogP contribution in [0.5, 0.6) is 5.75 Å². The molecule has 33 heavy (non-hydrogen) atoms. The van der Waals surface area contributed by atoms with Crippen LogP contribution in [0.25, 0.3) is 11.4 Å². The molecule has 0 spiro atoms. The lowest BCUT2D eigenvalue weighted by Gasteiger charge is -2.39. The molecule has 0 saturated heterocycles.